The van der Waals surface area contributed by atoms with Gasteiger partial charge in [0.25, 0.3) is 0 Å². The van der Waals surface area contributed by atoms with E-state index in [1.165, 1.54) is 11.3 Å². The van der Waals surface area contributed by atoms with Crippen LogP contribution in [0.4, 0.5) is 11.4 Å². The summed E-state index contributed by atoms with van der Waals surface area (Å²) < 4.78 is 7.84. The molecule has 0 radical (unpaired) electrons. The average molecular weight is 609 g/mol. The minimum absolute atomic E-state index is 0.0282. The van der Waals surface area contributed by atoms with Crippen LogP contribution in [-0.4, -0.2) is 58.3 Å². The summed E-state index contributed by atoms with van der Waals surface area (Å²) in [5.74, 6) is -0.0282. The Morgan fingerprint density at radius 1 is 1.02 bits per heavy atom. The van der Waals surface area contributed by atoms with E-state index in [1.807, 2.05) is 42.6 Å². The number of amides is 1. The molecule has 44 heavy (non-hydrogen) atoms. The van der Waals surface area contributed by atoms with E-state index < -0.39 is 0 Å². The molecule has 2 aliphatic heterocycles. The highest BCUT2D eigenvalue weighted by Crippen LogP contribution is 2.41. The first-order valence-corrected chi connectivity index (χ1v) is 15.8. The van der Waals surface area contributed by atoms with Gasteiger partial charge in [-0.15, -0.1) is 0 Å². The minimum Gasteiger partial charge on any atom is -0.378 e. The van der Waals surface area contributed by atoms with Gasteiger partial charge in [0.05, 0.1) is 31.0 Å². The van der Waals surface area contributed by atoms with E-state index in [4.69, 9.17) is 21.9 Å². The summed E-state index contributed by atoms with van der Waals surface area (Å²) in [5, 5.41) is 7.29. The van der Waals surface area contributed by atoms with E-state index in [0.29, 0.717) is 18.1 Å². The van der Waals surface area contributed by atoms with Crippen LogP contribution in [0.15, 0.2) is 79.0 Å². The molecule has 2 aromatic carbocycles. The van der Waals surface area contributed by atoms with Gasteiger partial charge in [-0.05, 0) is 92.1 Å². The monoisotopic (exact) mass is 608 g/mol. The molecule has 2 aliphatic rings. The molecule has 0 saturated carbocycles. The van der Waals surface area contributed by atoms with Gasteiger partial charge in [-0.1, -0.05) is 31.2 Å². The maximum Gasteiger partial charge on any atom is 0.226 e. The van der Waals surface area contributed by atoms with Crippen molar-refractivity contribution in [2.45, 2.75) is 45.7 Å². The highest BCUT2D eigenvalue weighted by atomic mass is 32.1. The van der Waals surface area contributed by atoms with E-state index >= 15 is 0 Å². The Labute approximate surface area is 265 Å². The van der Waals surface area contributed by atoms with Crippen molar-refractivity contribution in [2.75, 3.05) is 43.1 Å². The lowest BCUT2D eigenvalue weighted by Gasteiger charge is -2.29. The van der Waals surface area contributed by atoms with Crippen LogP contribution in [0.5, 0.6) is 0 Å². The number of hydrogen-bond acceptors (Lipinski definition) is 5. The molecule has 8 nitrogen and oxygen atoms in total. The van der Waals surface area contributed by atoms with Crippen LogP contribution >= 0.6 is 12.2 Å². The van der Waals surface area contributed by atoms with Gasteiger partial charge in [-0.3, -0.25) is 9.78 Å². The molecule has 1 amide bonds. The van der Waals surface area contributed by atoms with Crippen molar-refractivity contribution in [3.63, 3.8) is 0 Å². The molecule has 4 aromatic rings. The molecule has 0 bridgehead atoms. The molecule has 6 rings (SSSR count). The number of morpholine rings is 1. The number of carbonyl (C=O) groups excluding carboxylic acids is 1. The molecular weight excluding hydrogens is 568 g/mol. The number of nitrogens with one attached hydrogen (secondary N) is 2. The SMILES string of the molecule is CCc1ccccc1NC(=O)CCN1C(=S)NC(c2ccccn2)C1c1cc(C)n(-c2ccc(N3CCOCC3)cc2)c1C. The summed E-state index contributed by atoms with van der Waals surface area (Å²) in [6, 6.07) is 24.7. The average Bonchev–Trinajstić information content (AvgIpc) is 3.54. The number of hydrogen-bond donors (Lipinski definition) is 2. The van der Waals surface area contributed by atoms with Gasteiger partial charge in [0, 0.05) is 60.7 Å². The van der Waals surface area contributed by atoms with E-state index in [1.54, 1.807) is 0 Å². The molecule has 2 aromatic heterocycles. The number of anilines is 2. The Balaban J connectivity index is 1.28. The first kappa shape index (κ1) is 29.8. The molecule has 2 fully saturated rings. The zero-order valence-corrected chi connectivity index (χ0v) is 26.4. The fourth-order valence-electron chi connectivity index (χ4n) is 6.49. The predicted octanol–water partition coefficient (Wildman–Crippen LogP) is 5.89. The van der Waals surface area contributed by atoms with Gasteiger partial charge in [-0.25, -0.2) is 0 Å². The van der Waals surface area contributed by atoms with Gasteiger partial charge >= 0.3 is 0 Å². The second kappa shape index (κ2) is 13.2. The lowest BCUT2D eigenvalue weighted by Crippen LogP contribution is -2.36. The highest BCUT2D eigenvalue weighted by molar-refractivity contribution is 7.80. The molecule has 2 atom stereocenters. The molecular formula is C35H40N6O2S. The summed E-state index contributed by atoms with van der Waals surface area (Å²) in [6.45, 7) is 10.2. The van der Waals surface area contributed by atoms with Crippen molar-refractivity contribution in [2.24, 2.45) is 0 Å². The second-order valence-corrected chi connectivity index (χ2v) is 11.8. The normalized spacial score (nSPS) is 18.4. The van der Waals surface area contributed by atoms with Crippen LogP contribution in [0.3, 0.4) is 0 Å². The van der Waals surface area contributed by atoms with E-state index in [-0.39, 0.29) is 18.0 Å². The second-order valence-electron chi connectivity index (χ2n) is 11.4. The third-order valence-electron chi connectivity index (χ3n) is 8.72. The Hall–Kier alpha value is -4.21. The van der Waals surface area contributed by atoms with Gasteiger partial charge in [0.15, 0.2) is 5.11 Å². The summed E-state index contributed by atoms with van der Waals surface area (Å²) in [7, 11) is 0. The highest BCUT2D eigenvalue weighted by Gasteiger charge is 2.41. The van der Waals surface area contributed by atoms with Gasteiger partial charge in [-0.2, -0.15) is 0 Å². The number of thiocarbonyl (C=S) groups is 1. The zero-order valence-electron chi connectivity index (χ0n) is 25.6. The number of ether oxygens (including phenoxy) is 1. The molecule has 2 unspecified atom stereocenters. The first-order valence-electron chi connectivity index (χ1n) is 15.4. The maximum atomic E-state index is 13.2. The summed E-state index contributed by atoms with van der Waals surface area (Å²) in [6.07, 6.45) is 2.99. The van der Waals surface area contributed by atoms with Crippen LogP contribution in [-0.2, 0) is 16.0 Å². The van der Waals surface area contributed by atoms with Crippen molar-refractivity contribution in [1.82, 2.24) is 19.8 Å². The standard InChI is InChI=1S/C35H40N6O2S/c1-4-26-9-5-6-10-30(26)37-32(42)16-18-40-34(33(38-35(40)44)31-11-7-8-17-36-31)29-23-24(2)41(25(29)3)28-14-12-27(13-15-28)39-19-21-43-22-20-39/h5-15,17,23,33-34H,4,16,18-22H2,1-3H3,(H,37,42)(H,38,44). The number of para-hydroxylation sites is 1. The molecule has 2 saturated heterocycles. The number of aromatic nitrogens is 2. The number of pyridine rings is 1. The van der Waals surface area contributed by atoms with Crippen molar-refractivity contribution < 1.29 is 9.53 Å². The number of nitrogens with zero attached hydrogens (tertiary/aromatic N) is 4. The van der Waals surface area contributed by atoms with Crippen molar-refractivity contribution >= 4 is 34.6 Å². The van der Waals surface area contributed by atoms with Crippen molar-refractivity contribution in [1.29, 1.82) is 0 Å². The number of carbonyl (C=O) groups is 1. The van der Waals surface area contributed by atoms with E-state index in [2.05, 4.69) is 82.2 Å². The van der Waals surface area contributed by atoms with Crippen LogP contribution in [0.2, 0.25) is 0 Å². The molecule has 0 spiro atoms. The Morgan fingerprint density at radius 3 is 2.48 bits per heavy atom. The maximum absolute atomic E-state index is 13.2. The van der Waals surface area contributed by atoms with Crippen LogP contribution in [0.1, 0.15) is 53.6 Å². The summed E-state index contributed by atoms with van der Waals surface area (Å²) in [4.78, 5) is 22.4. The van der Waals surface area contributed by atoms with E-state index in [9.17, 15) is 4.79 Å². The first-order chi connectivity index (χ1) is 21.4. The lowest BCUT2D eigenvalue weighted by atomic mass is 9.96. The number of rotatable bonds is 9. The third-order valence-corrected chi connectivity index (χ3v) is 9.08. The van der Waals surface area contributed by atoms with Crippen molar-refractivity contribution in [3.05, 3.63) is 107 Å². The number of benzene rings is 2. The fraction of sp³-hybridized carbons (Fsp3) is 0.343. The summed E-state index contributed by atoms with van der Waals surface area (Å²) in [5.41, 5.74) is 8.69. The molecule has 9 heteroatoms. The minimum atomic E-state index is -0.148. The zero-order chi connectivity index (χ0) is 30.6. The summed E-state index contributed by atoms with van der Waals surface area (Å²) >= 11 is 5.90. The molecule has 228 valence electrons. The topological polar surface area (TPSA) is 74.7 Å². The number of aryl methyl sites for hydroxylation is 2. The van der Waals surface area contributed by atoms with Crippen LogP contribution < -0.4 is 15.5 Å². The Bertz CT molecular complexity index is 1610. The van der Waals surface area contributed by atoms with Gasteiger partial charge in [0.1, 0.15) is 0 Å². The van der Waals surface area contributed by atoms with Crippen molar-refractivity contribution in [3.8, 4) is 5.69 Å². The molecule has 2 N–H and O–H groups in total. The molecule has 0 aliphatic carbocycles. The Kier molecular flexibility index (Phi) is 8.95. The Morgan fingerprint density at radius 2 is 1.75 bits per heavy atom. The largest absolute Gasteiger partial charge is 0.378 e. The van der Waals surface area contributed by atoms with Crippen LogP contribution in [0.25, 0.3) is 5.69 Å². The predicted molar refractivity (Wildman–Crippen MR) is 180 cm³/mol. The smallest absolute Gasteiger partial charge is 0.226 e. The quantitative estimate of drug-likeness (QED) is 0.230. The van der Waals surface area contributed by atoms with Crippen LogP contribution in [0, 0.1) is 13.8 Å². The lowest BCUT2D eigenvalue weighted by molar-refractivity contribution is -0.116. The van der Waals surface area contributed by atoms with Gasteiger partial charge in [0.2, 0.25) is 5.91 Å². The molecule has 4 heterocycles. The third kappa shape index (κ3) is 6.07. The van der Waals surface area contributed by atoms with E-state index in [0.717, 1.165) is 66.7 Å². The van der Waals surface area contributed by atoms with Gasteiger partial charge < -0.3 is 29.7 Å². The fourth-order valence-corrected chi connectivity index (χ4v) is 6.82.